The molecule has 1 saturated heterocycles. The number of aromatic nitrogens is 1. The van der Waals surface area contributed by atoms with Gasteiger partial charge in [0.2, 0.25) is 6.10 Å². The summed E-state index contributed by atoms with van der Waals surface area (Å²) in [7, 11) is 0. The first-order valence-corrected chi connectivity index (χ1v) is 13.0. The van der Waals surface area contributed by atoms with Crippen LogP contribution in [0.25, 0.3) is 0 Å². The number of rotatable bonds is 9. The number of para-hydroxylation sites is 1. The lowest BCUT2D eigenvalue weighted by molar-refractivity contribution is -0.135. The van der Waals surface area contributed by atoms with E-state index in [0.717, 1.165) is 29.8 Å². The van der Waals surface area contributed by atoms with Gasteiger partial charge in [0.15, 0.2) is 0 Å². The maximum atomic E-state index is 13.3. The largest absolute Gasteiger partial charge is 0.493 e. The van der Waals surface area contributed by atoms with Crippen molar-refractivity contribution < 1.29 is 14.3 Å². The fourth-order valence-electron chi connectivity index (χ4n) is 4.33. The van der Waals surface area contributed by atoms with Gasteiger partial charge >= 0.3 is 0 Å². The van der Waals surface area contributed by atoms with Crippen molar-refractivity contribution in [2.24, 2.45) is 0 Å². The van der Waals surface area contributed by atoms with Gasteiger partial charge in [-0.2, -0.15) is 0 Å². The molecule has 1 amide bonds. The first kappa shape index (κ1) is 25.1. The molecular weight excluding hydrogens is 507 g/mol. The molecular formula is C30H26Cl2N2O3. The molecule has 0 aliphatic carbocycles. The molecule has 1 fully saturated rings. The molecule has 0 saturated carbocycles. The Hall–Kier alpha value is -3.54. The summed E-state index contributed by atoms with van der Waals surface area (Å²) in [6, 6.07) is 25.9. The van der Waals surface area contributed by atoms with E-state index in [4.69, 9.17) is 32.7 Å². The van der Waals surface area contributed by atoms with Crippen LogP contribution >= 0.6 is 23.2 Å². The summed E-state index contributed by atoms with van der Waals surface area (Å²) in [6.07, 6.45) is 2.91. The Kier molecular flexibility index (Phi) is 7.63. The van der Waals surface area contributed by atoms with Crippen molar-refractivity contribution in [3.8, 4) is 11.5 Å². The third kappa shape index (κ3) is 5.58. The van der Waals surface area contributed by atoms with Crippen molar-refractivity contribution in [1.82, 2.24) is 4.98 Å². The van der Waals surface area contributed by atoms with E-state index in [1.165, 1.54) is 5.56 Å². The molecule has 7 heteroatoms. The fraction of sp³-hybridized carbons (Fsp3) is 0.200. The Morgan fingerprint density at radius 1 is 0.919 bits per heavy atom. The molecule has 0 radical (unpaired) electrons. The summed E-state index contributed by atoms with van der Waals surface area (Å²) < 4.78 is 12.1. The zero-order valence-electron chi connectivity index (χ0n) is 20.3. The Morgan fingerprint density at radius 3 is 2.41 bits per heavy atom. The summed E-state index contributed by atoms with van der Waals surface area (Å²) in [5.74, 6) is 1.19. The van der Waals surface area contributed by atoms with E-state index >= 15 is 0 Å². The van der Waals surface area contributed by atoms with Gasteiger partial charge in [0.25, 0.3) is 5.91 Å². The third-order valence-corrected chi connectivity index (χ3v) is 6.92. The number of nitrogens with zero attached hydrogens (tertiary/aromatic N) is 2. The van der Waals surface area contributed by atoms with Gasteiger partial charge in [-0.25, -0.2) is 0 Å². The lowest BCUT2D eigenvalue weighted by Crippen LogP contribution is -2.61. The normalized spacial score (nSPS) is 16.8. The molecule has 1 aromatic heterocycles. The van der Waals surface area contributed by atoms with Gasteiger partial charge in [-0.1, -0.05) is 66.5 Å². The minimum atomic E-state index is -0.693. The van der Waals surface area contributed by atoms with Crippen LogP contribution in [-0.4, -0.2) is 23.6 Å². The van der Waals surface area contributed by atoms with E-state index in [9.17, 15) is 4.79 Å². The molecule has 5 rings (SSSR count). The summed E-state index contributed by atoms with van der Waals surface area (Å²) in [5.41, 5.74) is 3.67. The zero-order valence-corrected chi connectivity index (χ0v) is 21.8. The molecule has 1 aliphatic heterocycles. The van der Waals surface area contributed by atoms with Crippen molar-refractivity contribution in [3.63, 3.8) is 0 Å². The zero-order chi connectivity index (χ0) is 25.8. The van der Waals surface area contributed by atoms with Crippen LogP contribution in [0.4, 0.5) is 5.69 Å². The Bertz CT molecular complexity index is 1360. The van der Waals surface area contributed by atoms with Crippen molar-refractivity contribution in [2.75, 3.05) is 11.5 Å². The number of anilines is 1. The monoisotopic (exact) mass is 532 g/mol. The van der Waals surface area contributed by atoms with Gasteiger partial charge in [-0.15, -0.1) is 0 Å². The molecule has 0 bridgehead atoms. The van der Waals surface area contributed by atoms with E-state index in [0.29, 0.717) is 28.1 Å². The molecule has 2 atom stereocenters. The molecule has 0 spiro atoms. The highest BCUT2D eigenvalue weighted by Crippen LogP contribution is 2.44. The third-order valence-electron chi connectivity index (χ3n) is 6.36. The number of halogens is 2. The maximum Gasteiger partial charge on any atom is 0.271 e. The molecule has 4 aromatic rings. The number of β-lactam (4-membered cyclic amide) rings is 1. The number of pyridine rings is 1. The number of carbonyl (C=O) groups excluding carboxylic acids is 1. The number of carbonyl (C=O) groups is 1. The number of aryl methyl sites for hydroxylation is 1. The Balaban J connectivity index is 1.33. The van der Waals surface area contributed by atoms with Gasteiger partial charge < -0.3 is 9.47 Å². The number of hydrogen-bond donors (Lipinski definition) is 0. The lowest BCUT2D eigenvalue weighted by Gasteiger charge is -2.47. The quantitative estimate of drug-likeness (QED) is 0.215. The predicted octanol–water partition coefficient (Wildman–Crippen LogP) is 7.11. The molecule has 2 unspecified atom stereocenters. The molecule has 3 aromatic carbocycles. The van der Waals surface area contributed by atoms with Crippen LogP contribution in [0.1, 0.15) is 29.8 Å². The van der Waals surface area contributed by atoms with E-state index in [2.05, 4.69) is 18.0 Å². The van der Waals surface area contributed by atoms with E-state index in [-0.39, 0.29) is 11.9 Å². The lowest BCUT2D eigenvalue weighted by atomic mass is 9.89. The van der Waals surface area contributed by atoms with E-state index in [1.807, 2.05) is 66.9 Å². The molecule has 188 valence electrons. The minimum Gasteiger partial charge on any atom is -0.493 e. The number of amides is 1. The molecule has 1 aliphatic rings. The van der Waals surface area contributed by atoms with Gasteiger partial charge in [0.1, 0.15) is 17.5 Å². The second kappa shape index (κ2) is 11.2. The van der Waals surface area contributed by atoms with Crippen LogP contribution < -0.4 is 14.4 Å². The van der Waals surface area contributed by atoms with Gasteiger partial charge in [-0.3, -0.25) is 14.7 Å². The van der Waals surface area contributed by atoms with Crippen LogP contribution in [-0.2, 0) is 17.6 Å². The first-order chi connectivity index (χ1) is 18.0. The second-order valence-electron chi connectivity index (χ2n) is 8.78. The summed E-state index contributed by atoms with van der Waals surface area (Å²) in [5, 5.41) is 0.947. The molecule has 2 heterocycles. The van der Waals surface area contributed by atoms with Gasteiger partial charge in [0.05, 0.1) is 17.3 Å². The highest BCUT2D eigenvalue weighted by Gasteiger charge is 2.51. The summed E-state index contributed by atoms with van der Waals surface area (Å²) in [6.45, 7) is 2.63. The SMILES string of the molecule is CCc1ccc(CCOc2ccc(C3C(Oc4ccccc4)C(=O)N3c3cc(Cl)ccc3Cl)cc2)nc1. The van der Waals surface area contributed by atoms with Crippen LogP contribution in [0, 0.1) is 0 Å². The maximum absolute atomic E-state index is 13.3. The van der Waals surface area contributed by atoms with Gasteiger partial charge in [-0.05, 0) is 66.1 Å². The number of hydrogen-bond acceptors (Lipinski definition) is 4. The number of benzene rings is 3. The van der Waals surface area contributed by atoms with Gasteiger partial charge in [0, 0.05) is 23.3 Å². The highest BCUT2D eigenvalue weighted by molar-refractivity contribution is 6.36. The number of ether oxygens (including phenoxy) is 2. The predicted molar refractivity (Wildman–Crippen MR) is 147 cm³/mol. The topological polar surface area (TPSA) is 51.7 Å². The van der Waals surface area contributed by atoms with Crippen LogP contribution in [0.5, 0.6) is 11.5 Å². The Morgan fingerprint density at radius 2 is 1.70 bits per heavy atom. The van der Waals surface area contributed by atoms with Crippen molar-refractivity contribution in [3.05, 3.63) is 118 Å². The minimum absolute atomic E-state index is 0.181. The van der Waals surface area contributed by atoms with Crippen molar-refractivity contribution in [1.29, 1.82) is 0 Å². The molecule has 0 N–H and O–H groups in total. The van der Waals surface area contributed by atoms with Crippen LogP contribution in [0.15, 0.2) is 91.1 Å². The van der Waals surface area contributed by atoms with Crippen molar-refractivity contribution >= 4 is 34.8 Å². The summed E-state index contributed by atoms with van der Waals surface area (Å²) in [4.78, 5) is 19.4. The Labute approximate surface area is 226 Å². The van der Waals surface area contributed by atoms with Crippen LogP contribution in [0.3, 0.4) is 0 Å². The second-order valence-corrected chi connectivity index (χ2v) is 9.62. The highest BCUT2D eigenvalue weighted by atomic mass is 35.5. The average Bonchev–Trinajstić information content (AvgIpc) is 2.93. The van der Waals surface area contributed by atoms with Crippen LogP contribution in [0.2, 0.25) is 10.0 Å². The molecule has 5 nitrogen and oxygen atoms in total. The molecule has 37 heavy (non-hydrogen) atoms. The smallest absolute Gasteiger partial charge is 0.271 e. The van der Waals surface area contributed by atoms with E-state index in [1.54, 1.807) is 23.1 Å². The van der Waals surface area contributed by atoms with Crippen molar-refractivity contribution in [2.45, 2.75) is 31.9 Å². The fourth-order valence-corrected chi connectivity index (χ4v) is 4.71. The standard InChI is InChI=1S/C30H26Cl2N2O3/c1-2-20-8-12-23(33-19-20)16-17-36-24-13-9-21(10-14-24)28-29(37-25-6-4-3-5-7-25)30(35)34(28)27-18-22(31)11-15-26(27)32/h3-15,18-19,28-29H,2,16-17H2,1H3. The average molecular weight is 533 g/mol. The first-order valence-electron chi connectivity index (χ1n) is 12.2. The summed E-state index contributed by atoms with van der Waals surface area (Å²) >= 11 is 12.7. The van der Waals surface area contributed by atoms with E-state index < -0.39 is 6.10 Å².